The Balaban J connectivity index is 1.54. The number of carbonyl (C=O) groups excluding carboxylic acids is 2. The maximum absolute atomic E-state index is 12.1. The molecule has 1 aliphatic heterocycles. The average molecular weight is 361 g/mol. The number of halogens is 1. The molecule has 0 atom stereocenters. The van der Waals surface area contributed by atoms with E-state index in [1.54, 1.807) is 28.8 Å². The smallest absolute Gasteiger partial charge is 0.237 e. The minimum absolute atomic E-state index is 0.0456. The fraction of sp³-hybridized carbons (Fsp3) is 0.222. The second-order valence-corrected chi connectivity index (χ2v) is 6.91. The number of hydrogen-bond acceptors (Lipinski definition) is 3. The summed E-state index contributed by atoms with van der Waals surface area (Å²) in [6.07, 6.45) is 0.276. The van der Waals surface area contributed by atoms with Gasteiger partial charge >= 0.3 is 0 Å². The van der Waals surface area contributed by atoms with Crippen LogP contribution in [0.4, 0.5) is 5.69 Å². The van der Waals surface area contributed by atoms with Crippen molar-refractivity contribution in [3.8, 4) is 0 Å². The number of rotatable bonds is 5. The first kappa shape index (κ1) is 16.9. The number of para-hydroxylation sites is 1. The number of thioether (sulfide) groups is 1. The fourth-order valence-electron chi connectivity index (χ4n) is 2.50. The van der Waals surface area contributed by atoms with Crippen LogP contribution in [0.15, 0.2) is 53.4 Å². The summed E-state index contributed by atoms with van der Waals surface area (Å²) in [7, 11) is 0. The van der Waals surface area contributed by atoms with Crippen LogP contribution >= 0.6 is 23.4 Å². The molecule has 2 amide bonds. The van der Waals surface area contributed by atoms with Crippen LogP contribution in [-0.2, 0) is 16.1 Å². The van der Waals surface area contributed by atoms with Gasteiger partial charge in [0.05, 0.1) is 11.4 Å². The molecule has 0 spiro atoms. The molecule has 1 aliphatic rings. The van der Waals surface area contributed by atoms with Crippen LogP contribution in [-0.4, -0.2) is 24.1 Å². The van der Waals surface area contributed by atoms with Gasteiger partial charge in [0.1, 0.15) is 0 Å². The number of anilines is 1. The van der Waals surface area contributed by atoms with E-state index >= 15 is 0 Å². The Labute approximate surface area is 150 Å². The third kappa shape index (κ3) is 4.10. The van der Waals surface area contributed by atoms with Gasteiger partial charge in [-0.15, -0.1) is 11.8 Å². The van der Waals surface area contributed by atoms with Gasteiger partial charge in [-0.2, -0.15) is 0 Å². The first-order chi connectivity index (χ1) is 11.6. The van der Waals surface area contributed by atoms with Crippen LogP contribution in [0.5, 0.6) is 0 Å². The number of nitrogens with one attached hydrogen (secondary N) is 1. The van der Waals surface area contributed by atoms with Crippen LogP contribution in [0, 0.1) is 0 Å². The van der Waals surface area contributed by atoms with Crippen LogP contribution in [0.3, 0.4) is 0 Å². The van der Waals surface area contributed by atoms with Crippen molar-refractivity contribution >= 4 is 40.9 Å². The molecule has 0 radical (unpaired) electrons. The molecule has 2 aromatic carbocycles. The largest absolute Gasteiger partial charge is 0.352 e. The van der Waals surface area contributed by atoms with Gasteiger partial charge < -0.3 is 10.2 Å². The first-order valence-electron chi connectivity index (χ1n) is 7.67. The zero-order valence-corrected chi connectivity index (χ0v) is 14.6. The topological polar surface area (TPSA) is 49.4 Å². The molecule has 0 saturated carbocycles. The maximum atomic E-state index is 12.1. The van der Waals surface area contributed by atoms with E-state index in [0.717, 1.165) is 16.1 Å². The Morgan fingerprint density at radius 3 is 2.71 bits per heavy atom. The van der Waals surface area contributed by atoms with Crippen LogP contribution in [0.25, 0.3) is 0 Å². The molecule has 0 bridgehead atoms. The van der Waals surface area contributed by atoms with E-state index in [9.17, 15) is 9.59 Å². The molecule has 1 heterocycles. The predicted molar refractivity (Wildman–Crippen MR) is 97.4 cm³/mol. The van der Waals surface area contributed by atoms with Crippen molar-refractivity contribution in [1.29, 1.82) is 0 Å². The lowest BCUT2D eigenvalue weighted by molar-refractivity contribution is -0.121. The monoisotopic (exact) mass is 360 g/mol. The standard InChI is InChI=1S/C18H17ClN2O2S/c19-14-7-5-13(6-8-14)11-20-17(22)9-10-21-15-3-1-2-4-16(15)24-12-18(21)23/h1-8H,9-12H2,(H,20,22). The van der Waals surface area contributed by atoms with Crippen LogP contribution in [0.1, 0.15) is 12.0 Å². The van der Waals surface area contributed by atoms with E-state index in [-0.39, 0.29) is 18.2 Å². The molecule has 1 N–H and O–H groups in total. The highest BCUT2D eigenvalue weighted by atomic mass is 35.5. The average Bonchev–Trinajstić information content (AvgIpc) is 2.60. The third-order valence-corrected chi connectivity index (χ3v) is 5.07. The molecule has 0 aromatic heterocycles. The van der Waals surface area contributed by atoms with E-state index < -0.39 is 0 Å². The molecule has 0 fully saturated rings. The maximum Gasteiger partial charge on any atom is 0.237 e. The lowest BCUT2D eigenvalue weighted by Gasteiger charge is -2.28. The second kappa shape index (κ2) is 7.73. The molecule has 0 unspecified atom stereocenters. The van der Waals surface area contributed by atoms with Gasteiger partial charge in [-0.25, -0.2) is 0 Å². The van der Waals surface area contributed by atoms with Crippen molar-refractivity contribution < 1.29 is 9.59 Å². The molecular weight excluding hydrogens is 344 g/mol. The van der Waals surface area contributed by atoms with Crippen molar-refractivity contribution in [3.63, 3.8) is 0 Å². The quantitative estimate of drug-likeness (QED) is 0.888. The number of fused-ring (bicyclic) bond motifs is 1. The van der Waals surface area contributed by atoms with Gasteiger partial charge in [-0.3, -0.25) is 9.59 Å². The second-order valence-electron chi connectivity index (χ2n) is 5.45. The third-order valence-electron chi connectivity index (χ3n) is 3.77. The number of benzene rings is 2. The highest BCUT2D eigenvalue weighted by Crippen LogP contribution is 2.34. The van der Waals surface area contributed by atoms with Gasteiger partial charge in [-0.05, 0) is 29.8 Å². The molecule has 124 valence electrons. The Morgan fingerprint density at radius 2 is 1.92 bits per heavy atom. The Kier molecular flexibility index (Phi) is 5.43. The predicted octanol–water partition coefficient (Wildman–Crippen LogP) is 3.49. The summed E-state index contributed by atoms with van der Waals surface area (Å²) in [6, 6.07) is 15.1. The zero-order chi connectivity index (χ0) is 16.9. The molecule has 2 aromatic rings. The lowest BCUT2D eigenvalue weighted by atomic mass is 10.2. The Morgan fingerprint density at radius 1 is 1.17 bits per heavy atom. The number of hydrogen-bond donors (Lipinski definition) is 1. The Hall–Kier alpha value is -1.98. The van der Waals surface area contributed by atoms with Gasteiger partial charge in [0.25, 0.3) is 0 Å². The summed E-state index contributed by atoms with van der Waals surface area (Å²) < 4.78 is 0. The van der Waals surface area contributed by atoms with Gasteiger partial charge in [0, 0.05) is 29.4 Å². The summed E-state index contributed by atoms with van der Waals surface area (Å²) >= 11 is 7.38. The molecule has 0 saturated heterocycles. The minimum Gasteiger partial charge on any atom is -0.352 e. The summed E-state index contributed by atoms with van der Waals surface area (Å²) in [5.41, 5.74) is 1.88. The molecule has 6 heteroatoms. The van der Waals surface area contributed by atoms with Gasteiger partial charge in [0.15, 0.2) is 0 Å². The summed E-state index contributed by atoms with van der Waals surface area (Å²) in [6.45, 7) is 0.846. The van der Waals surface area contributed by atoms with Gasteiger partial charge in [-0.1, -0.05) is 35.9 Å². The van der Waals surface area contributed by atoms with Crippen molar-refractivity contribution in [2.45, 2.75) is 17.9 Å². The van der Waals surface area contributed by atoms with E-state index in [1.165, 1.54) is 0 Å². The van der Waals surface area contributed by atoms with Crippen LogP contribution in [0.2, 0.25) is 5.02 Å². The van der Waals surface area contributed by atoms with Crippen molar-refractivity contribution in [1.82, 2.24) is 5.32 Å². The van der Waals surface area contributed by atoms with E-state index in [0.29, 0.717) is 23.9 Å². The SMILES string of the molecule is O=C(CCN1C(=O)CSc2ccccc21)NCc1ccc(Cl)cc1. The van der Waals surface area contributed by atoms with E-state index in [4.69, 9.17) is 11.6 Å². The minimum atomic E-state index is -0.0755. The first-order valence-corrected chi connectivity index (χ1v) is 9.03. The molecule has 3 rings (SSSR count). The molecular formula is C18H17ClN2O2S. The lowest BCUT2D eigenvalue weighted by Crippen LogP contribution is -2.38. The van der Waals surface area contributed by atoms with E-state index in [1.807, 2.05) is 36.4 Å². The number of nitrogens with zero attached hydrogens (tertiary/aromatic N) is 1. The van der Waals surface area contributed by atoms with Crippen molar-refractivity contribution in [2.24, 2.45) is 0 Å². The highest BCUT2D eigenvalue weighted by molar-refractivity contribution is 8.00. The Bertz CT molecular complexity index is 749. The van der Waals surface area contributed by atoms with Crippen molar-refractivity contribution in [3.05, 3.63) is 59.1 Å². The summed E-state index contributed by atoms with van der Waals surface area (Å²) in [5.74, 6) is 0.390. The zero-order valence-electron chi connectivity index (χ0n) is 13.0. The number of amides is 2. The summed E-state index contributed by atoms with van der Waals surface area (Å²) in [4.78, 5) is 27.0. The molecule has 4 nitrogen and oxygen atoms in total. The van der Waals surface area contributed by atoms with Crippen LogP contribution < -0.4 is 10.2 Å². The molecule has 0 aliphatic carbocycles. The highest BCUT2D eigenvalue weighted by Gasteiger charge is 2.24. The van der Waals surface area contributed by atoms with E-state index in [2.05, 4.69) is 5.32 Å². The number of carbonyl (C=O) groups is 2. The summed E-state index contributed by atoms with van der Waals surface area (Å²) in [5, 5.41) is 3.54. The van der Waals surface area contributed by atoms with Crippen molar-refractivity contribution in [2.75, 3.05) is 17.2 Å². The van der Waals surface area contributed by atoms with Gasteiger partial charge in [0.2, 0.25) is 11.8 Å². The fourth-order valence-corrected chi connectivity index (χ4v) is 3.57. The molecule has 24 heavy (non-hydrogen) atoms. The normalized spacial score (nSPS) is 13.5.